The van der Waals surface area contributed by atoms with Gasteiger partial charge in [-0.25, -0.2) is 0 Å². The van der Waals surface area contributed by atoms with E-state index < -0.39 is 0 Å². The average Bonchev–Trinajstić information content (AvgIpc) is 3.07. The number of carbonyl (C=O) groups is 1. The first-order valence-corrected chi connectivity index (χ1v) is 10.5. The van der Waals surface area contributed by atoms with E-state index in [9.17, 15) is 9.59 Å². The largest absolute Gasteiger partial charge is 0.358 e. The van der Waals surface area contributed by atoms with Gasteiger partial charge in [-0.05, 0) is 71.4 Å². The van der Waals surface area contributed by atoms with E-state index in [0.717, 1.165) is 65.9 Å². The predicted octanol–water partition coefficient (Wildman–Crippen LogP) is 3.16. The maximum absolute atomic E-state index is 12.1. The summed E-state index contributed by atoms with van der Waals surface area (Å²) in [6, 6.07) is 9.65. The number of nitrogens with zero attached hydrogens (tertiary/aromatic N) is 2. The molecule has 154 valence electrons. The van der Waals surface area contributed by atoms with Gasteiger partial charge in [0.2, 0.25) is 11.5 Å². The second-order valence-electron chi connectivity index (χ2n) is 8.16. The standard InChI is InChI=1S/C24H25N3O3/c1-26-21-7-5-16(10-18(21)12-23(26)29)19-11-20(17-6-8-22(28)25-13-17)15-27(14-19)24-4-2-3-9-30-24/h5-8,10-11,13-14,24H,2-4,9,12,15H2,1H3,(H,25,28). The monoisotopic (exact) mass is 403 g/mol. The van der Waals surface area contributed by atoms with E-state index in [-0.39, 0.29) is 17.7 Å². The van der Waals surface area contributed by atoms with Crippen LogP contribution >= 0.6 is 0 Å². The Labute approximate surface area is 175 Å². The number of likely N-dealkylation sites (N-methyl/N-ethyl adjacent to an activating group) is 1. The second kappa shape index (κ2) is 7.61. The molecule has 6 nitrogen and oxygen atoms in total. The van der Waals surface area contributed by atoms with Crippen LogP contribution in [-0.2, 0) is 16.0 Å². The van der Waals surface area contributed by atoms with E-state index in [2.05, 4.69) is 34.3 Å². The fourth-order valence-electron chi connectivity index (χ4n) is 4.45. The summed E-state index contributed by atoms with van der Waals surface area (Å²) in [6.45, 7) is 1.52. The Morgan fingerprint density at radius 1 is 1.10 bits per heavy atom. The van der Waals surface area contributed by atoms with Gasteiger partial charge in [0.25, 0.3) is 0 Å². The third kappa shape index (κ3) is 3.48. The van der Waals surface area contributed by atoms with Crippen molar-refractivity contribution in [3.05, 3.63) is 75.8 Å². The van der Waals surface area contributed by atoms with Crippen LogP contribution in [0, 0.1) is 0 Å². The van der Waals surface area contributed by atoms with Crippen molar-refractivity contribution < 1.29 is 9.53 Å². The van der Waals surface area contributed by atoms with Gasteiger partial charge in [-0.2, -0.15) is 0 Å². The summed E-state index contributed by atoms with van der Waals surface area (Å²) in [4.78, 5) is 30.4. The summed E-state index contributed by atoms with van der Waals surface area (Å²) in [5, 5.41) is 0. The van der Waals surface area contributed by atoms with E-state index in [1.165, 1.54) is 0 Å². The molecule has 1 atom stereocenters. The molecule has 0 bridgehead atoms. The molecule has 5 rings (SSSR count). The smallest absolute Gasteiger partial charge is 0.247 e. The molecule has 1 aromatic carbocycles. The number of H-pyrrole nitrogens is 1. The number of rotatable bonds is 3. The molecule has 0 radical (unpaired) electrons. The molecule has 1 N–H and O–H groups in total. The second-order valence-corrected chi connectivity index (χ2v) is 8.16. The SMILES string of the molecule is CN1C(=O)Cc2cc(C3=CN(C4CCCCO4)CC(c4ccc(=O)[nH]c4)=C3)ccc21. The van der Waals surface area contributed by atoms with Crippen molar-refractivity contribution in [2.45, 2.75) is 31.9 Å². The molecular weight excluding hydrogens is 378 g/mol. The number of nitrogens with one attached hydrogen (secondary N) is 1. The number of anilines is 1. The zero-order valence-electron chi connectivity index (χ0n) is 17.1. The molecule has 0 spiro atoms. The van der Waals surface area contributed by atoms with Crippen LogP contribution in [0.25, 0.3) is 11.1 Å². The summed E-state index contributed by atoms with van der Waals surface area (Å²) in [7, 11) is 1.82. The highest BCUT2D eigenvalue weighted by atomic mass is 16.5. The summed E-state index contributed by atoms with van der Waals surface area (Å²) in [6.07, 6.45) is 9.90. The lowest BCUT2D eigenvalue weighted by Gasteiger charge is -2.36. The zero-order chi connectivity index (χ0) is 20.7. The van der Waals surface area contributed by atoms with Crippen LogP contribution in [0.15, 0.2) is 53.6 Å². The molecule has 1 saturated heterocycles. The number of aromatic nitrogens is 1. The number of carbonyl (C=O) groups excluding carboxylic acids is 1. The van der Waals surface area contributed by atoms with Gasteiger partial charge in [0.05, 0.1) is 6.42 Å². The summed E-state index contributed by atoms with van der Waals surface area (Å²) < 4.78 is 6.05. The van der Waals surface area contributed by atoms with Crippen LogP contribution in [0.1, 0.15) is 36.0 Å². The number of hydrogen-bond donors (Lipinski definition) is 1. The van der Waals surface area contributed by atoms with Crippen LogP contribution < -0.4 is 10.5 Å². The molecule has 2 aromatic rings. The number of aromatic amines is 1. The van der Waals surface area contributed by atoms with Gasteiger partial charge in [0.15, 0.2) is 0 Å². The highest BCUT2D eigenvalue weighted by Gasteiger charge is 2.27. The molecule has 0 saturated carbocycles. The first kappa shape index (κ1) is 18.9. The van der Waals surface area contributed by atoms with E-state index in [0.29, 0.717) is 6.42 Å². The number of ether oxygens (including phenoxy) is 1. The Bertz CT molecular complexity index is 1090. The van der Waals surface area contributed by atoms with Crippen LogP contribution in [0.3, 0.4) is 0 Å². The number of fused-ring (bicyclic) bond motifs is 1. The molecule has 6 heteroatoms. The van der Waals surface area contributed by atoms with Gasteiger partial charge in [0.1, 0.15) is 6.23 Å². The molecule has 4 heterocycles. The molecule has 1 unspecified atom stereocenters. The van der Waals surface area contributed by atoms with E-state index >= 15 is 0 Å². The van der Waals surface area contributed by atoms with Gasteiger partial charge in [-0.15, -0.1) is 0 Å². The Morgan fingerprint density at radius 3 is 2.73 bits per heavy atom. The minimum atomic E-state index is -0.106. The van der Waals surface area contributed by atoms with Gasteiger partial charge < -0.3 is 19.5 Å². The Hall–Kier alpha value is -3.12. The third-order valence-corrected chi connectivity index (χ3v) is 6.16. The van der Waals surface area contributed by atoms with Gasteiger partial charge in [0, 0.05) is 44.3 Å². The molecular formula is C24H25N3O3. The van der Waals surface area contributed by atoms with Crippen LogP contribution in [-0.4, -0.2) is 42.2 Å². The normalized spacial score (nSPS) is 21.4. The number of allylic oxidation sites excluding steroid dienone is 2. The van der Waals surface area contributed by atoms with Crippen LogP contribution in [0.5, 0.6) is 0 Å². The molecule has 1 fully saturated rings. The summed E-state index contributed by atoms with van der Waals surface area (Å²) in [5.74, 6) is 0.126. The number of benzene rings is 1. The van der Waals surface area contributed by atoms with Crippen molar-refractivity contribution >= 4 is 22.7 Å². The van der Waals surface area contributed by atoms with Gasteiger partial charge in [-0.3, -0.25) is 9.59 Å². The summed E-state index contributed by atoms with van der Waals surface area (Å²) in [5.41, 5.74) is 6.23. The van der Waals surface area contributed by atoms with Crippen molar-refractivity contribution in [1.82, 2.24) is 9.88 Å². The highest BCUT2D eigenvalue weighted by Crippen LogP contribution is 2.35. The predicted molar refractivity (Wildman–Crippen MR) is 117 cm³/mol. The van der Waals surface area contributed by atoms with Crippen molar-refractivity contribution in [1.29, 1.82) is 0 Å². The minimum Gasteiger partial charge on any atom is -0.358 e. The fourth-order valence-corrected chi connectivity index (χ4v) is 4.45. The van der Waals surface area contributed by atoms with Crippen molar-refractivity contribution in [2.75, 3.05) is 25.1 Å². The first-order valence-electron chi connectivity index (χ1n) is 10.5. The molecule has 1 amide bonds. The van der Waals surface area contributed by atoms with Crippen molar-refractivity contribution in [2.24, 2.45) is 0 Å². The zero-order valence-corrected chi connectivity index (χ0v) is 17.1. The van der Waals surface area contributed by atoms with Gasteiger partial charge >= 0.3 is 0 Å². The quantitative estimate of drug-likeness (QED) is 0.855. The molecule has 3 aliphatic rings. The lowest BCUT2D eigenvalue weighted by atomic mass is 9.95. The number of pyridine rings is 1. The van der Waals surface area contributed by atoms with Crippen molar-refractivity contribution in [3.8, 4) is 0 Å². The number of hydrogen-bond acceptors (Lipinski definition) is 4. The van der Waals surface area contributed by atoms with Gasteiger partial charge in [-0.1, -0.05) is 6.07 Å². The fraction of sp³-hybridized carbons (Fsp3) is 0.333. The summed E-state index contributed by atoms with van der Waals surface area (Å²) >= 11 is 0. The third-order valence-electron chi connectivity index (χ3n) is 6.16. The maximum Gasteiger partial charge on any atom is 0.247 e. The maximum atomic E-state index is 12.1. The average molecular weight is 403 g/mol. The first-order chi connectivity index (χ1) is 14.6. The Morgan fingerprint density at radius 2 is 1.97 bits per heavy atom. The molecule has 0 aliphatic carbocycles. The lowest BCUT2D eigenvalue weighted by Crippen LogP contribution is -2.38. The lowest BCUT2D eigenvalue weighted by molar-refractivity contribution is -0.117. The molecule has 30 heavy (non-hydrogen) atoms. The van der Waals surface area contributed by atoms with E-state index in [4.69, 9.17) is 4.74 Å². The van der Waals surface area contributed by atoms with E-state index in [1.807, 2.05) is 19.2 Å². The van der Waals surface area contributed by atoms with Crippen LogP contribution in [0.4, 0.5) is 5.69 Å². The Balaban J connectivity index is 1.54. The molecule has 3 aliphatic heterocycles. The van der Waals surface area contributed by atoms with Crippen molar-refractivity contribution in [3.63, 3.8) is 0 Å². The van der Waals surface area contributed by atoms with E-state index in [1.54, 1.807) is 17.2 Å². The molecule has 1 aromatic heterocycles. The Kier molecular flexibility index (Phi) is 4.79. The number of amides is 1. The topological polar surface area (TPSA) is 65.6 Å². The highest BCUT2D eigenvalue weighted by molar-refractivity contribution is 6.01. The minimum absolute atomic E-state index is 0.0577. The van der Waals surface area contributed by atoms with Crippen LogP contribution in [0.2, 0.25) is 0 Å².